The second-order valence-electron chi connectivity index (χ2n) is 4.75. The third kappa shape index (κ3) is 1.91. The van der Waals surface area contributed by atoms with Crippen LogP contribution in [0.5, 0.6) is 0 Å². The molecule has 3 atom stereocenters. The standard InChI is InChI=1S/C12H19BrO/c13-8-4-7-11-9-5-2-1-3-6-10(9)12(11)14/h9-11H,1-8H2/t9-,10+,11?/m0/s1. The van der Waals surface area contributed by atoms with Crippen molar-refractivity contribution in [3.05, 3.63) is 0 Å². The van der Waals surface area contributed by atoms with Crippen molar-refractivity contribution in [1.82, 2.24) is 0 Å². The van der Waals surface area contributed by atoms with Crippen LogP contribution in [0.3, 0.4) is 0 Å². The Morgan fingerprint density at radius 2 is 2.00 bits per heavy atom. The maximum atomic E-state index is 11.8. The van der Waals surface area contributed by atoms with Gasteiger partial charge in [0.25, 0.3) is 0 Å². The Morgan fingerprint density at radius 1 is 1.21 bits per heavy atom. The molecule has 0 aromatic carbocycles. The highest BCUT2D eigenvalue weighted by molar-refractivity contribution is 9.09. The fourth-order valence-corrected chi connectivity index (χ4v) is 3.52. The summed E-state index contributed by atoms with van der Waals surface area (Å²) in [6, 6.07) is 0. The Morgan fingerprint density at radius 3 is 2.79 bits per heavy atom. The first kappa shape index (κ1) is 10.7. The molecule has 0 amide bonds. The van der Waals surface area contributed by atoms with Gasteiger partial charge in [0.1, 0.15) is 5.78 Å². The third-order valence-electron chi connectivity index (χ3n) is 3.97. The summed E-state index contributed by atoms with van der Waals surface area (Å²) in [7, 11) is 0. The Balaban J connectivity index is 1.90. The molecule has 2 aliphatic rings. The van der Waals surface area contributed by atoms with Crippen LogP contribution >= 0.6 is 15.9 Å². The SMILES string of the molecule is O=C1C(CCCBr)[C@H]2CCCCC[C@@H]12. The summed E-state index contributed by atoms with van der Waals surface area (Å²) in [5, 5.41) is 1.05. The molecule has 1 unspecified atom stereocenters. The zero-order valence-corrected chi connectivity index (χ0v) is 10.3. The number of ketones is 1. The lowest BCUT2D eigenvalue weighted by Gasteiger charge is -2.42. The molecule has 2 fully saturated rings. The zero-order chi connectivity index (χ0) is 9.97. The molecule has 0 aliphatic heterocycles. The predicted octanol–water partition coefficient (Wildman–Crippen LogP) is 3.56. The second-order valence-corrected chi connectivity index (χ2v) is 5.54. The highest BCUT2D eigenvalue weighted by Gasteiger charge is 2.48. The van der Waals surface area contributed by atoms with Gasteiger partial charge in [0.05, 0.1) is 0 Å². The van der Waals surface area contributed by atoms with E-state index in [9.17, 15) is 4.79 Å². The first-order valence-electron chi connectivity index (χ1n) is 5.94. The van der Waals surface area contributed by atoms with Gasteiger partial charge < -0.3 is 0 Å². The molecule has 2 aliphatic carbocycles. The van der Waals surface area contributed by atoms with E-state index in [1.54, 1.807) is 0 Å². The Kier molecular flexibility index (Phi) is 3.64. The summed E-state index contributed by atoms with van der Waals surface area (Å²) >= 11 is 3.44. The van der Waals surface area contributed by atoms with E-state index in [4.69, 9.17) is 0 Å². The normalized spacial score (nSPS) is 37.2. The van der Waals surface area contributed by atoms with Crippen LogP contribution in [0.4, 0.5) is 0 Å². The van der Waals surface area contributed by atoms with E-state index in [0.717, 1.165) is 17.7 Å². The minimum absolute atomic E-state index is 0.440. The number of fused-ring (bicyclic) bond motifs is 1. The number of Topliss-reactive ketones (excluding diaryl/α,β-unsaturated/α-hetero) is 1. The molecule has 0 heterocycles. The monoisotopic (exact) mass is 258 g/mol. The van der Waals surface area contributed by atoms with E-state index in [1.807, 2.05) is 0 Å². The lowest BCUT2D eigenvalue weighted by Crippen LogP contribution is -2.46. The number of halogens is 1. The largest absolute Gasteiger partial charge is 0.299 e. The van der Waals surface area contributed by atoms with Crippen LogP contribution in [-0.2, 0) is 4.79 Å². The molecule has 14 heavy (non-hydrogen) atoms. The fourth-order valence-electron chi connectivity index (χ4n) is 3.19. The predicted molar refractivity (Wildman–Crippen MR) is 61.6 cm³/mol. The Labute approximate surface area is 94.8 Å². The van der Waals surface area contributed by atoms with E-state index in [1.165, 1.54) is 38.5 Å². The number of hydrogen-bond donors (Lipinski definition) is 0. The van der Waals surface area contributed by atoms with Crippen molar-refractivity contribution in [1.29, 1.82) is 0 Å². The molecular formula is C12H19BrO. The maximum absolute atomic E-state index is 11.8. The van der Waals surface area contributed by atoms with Crippen molar-refractivity contribution in [3.63, 3.8) is 0 Å². The minimum Gasteiger partial charge on any atom is -0.299 e. The van der Waals surface area contributed by atoms with Crippen molar-refractivity contribution in [2.45, 2.75) is 44.9 Å². The van der Waals surface area contributed by atoms with Crippen LogP contribution in [0, 0.1) is 17.8 Å². The molecule has 2 heteroatoms. The van der Waals surface area contributed by atoms with Gasteiger partial charge in [0, 0.05) is 17.2 Å². The first-order chi connectivity index (χ1) is 6.84. The van der Waals surface area contributed by atoms with E-state index in [0.29, 0.717) is 17.6 Å². The lowest BCUT2D eigenvalue weighted by molar-refractivity contribution is -0.143. The van der Waals surface area contributed by atoms with Crippen molar-refractivity contribution >= 4 is 21.7 Å². The van der Waals surface area contributed by atoms with Crippen LogP contribution in [0.1, 0.15) is 44.9 Å². The minimum atomic E-state index is 0.440. The summed E-state index contributed by atoms with van der Waals surface area (Å²) in [5.41, 5.74) is 0. The van der Waals surface area contributed by atoms with Gasteiger partial charge in [-0.3, -0.25) is 4.79 Å². The molecule has 2 saturated carbocycles. The van der Waals surface area contributed by atoms with Gasteiger partial charge >= 0.3 is 0 Å². The van der Waals surface area contributed by atoms with E-state index in [-0.39, 0.29) is 0 Å². The van der Waals surface area contributed by atoms with Crippen molar-refractivity contribution in [2.75, 3.05) is 5.33 Å². The molecule has 1 nitrogen and oxygen atoms in total. The van der Waals surface area contributed by atoms with Crippen LogP contribution in [0.2, 0.25) is 0 Å². The van der Waals surface area contributed by atoms with Crippen molar-refractivity contribution < 1.29 is 4.79 Å². The molecule has 0 bridgehead atoms. The van der Waals surface area contributed by atoms with Crippen LogP contribution < -0.4 is 0 Å². The average molecular weight is 259 g/mol. The van der Waals surface area contributed by atoms with E-state index >= 15 is 0 Å². The van der Waals surface area contributed by atoms with Gasteiger partial charge in [0.15, 0.2) is 0 Å². The fraction of sp³-hybridized carbons (Fsp3) is 0.917. The Bertz CT molecular complexity index is 214. The number of rotatable bonds is 3. The van der Waals surface area contributed by atoms with Crippen LogP contribution in [0.15, 0.2) is 0 Å². The topological polar surface area (TPSA) is 17.1 Å². The maximum Gasteiger partial charge on any atom is 0.139 e. The third-order valence-corrected chi connectivity index (χ3v) is 4.53. The smallest absolute Gasteiger partial charge is 0.139 e. The van der Waals surface area contributed by atoms with Crippen molar-refractivity contribution in [2.24, 2.45) is 17.8 Å². The molecular weight excluding hydrogens is 240 g/mol. The summed E-state index contributed by atoms with van der Waals surface area (Å²) in [4.78, 5) is 11.8. The highest BCUT2D eigenvalue weighted by atomic mass is 79.9. The lowest BCUT2D eigenvalue weighted by atomic mass is 9.60. The molecule has 2 rings (SSSR count). The summed E-state index contributed by atoms with van der Waals surface area (Å²) in [6.07, 6.45) is 8.81. The van der Waals surface area contributed by atoms with Crippen molar-refractivity contribution in [3.8, 4) is 0 Å². The zero-order valence-electron chi connectivity index (χ0n) is 8.68. The second kappa shape index (κ2) is 4.78. The number of carbonyl (C=O) groups is 1. The summed E-state index contributed by atoms with van der Waals surface area (Å²) in [5.74, 6) is 2.27. The van der Waals surface area contributed by atoms with Gasteiger partial charge in [0.2, 0.25) is 0 Å². The van der Waals surface area contributed by atoms with E-state index in [2.05, 4.69) is 15.9 Å². The van der Waals surface area contributed by atoms with Crippen LogP contribution in [-0.4, -0.2) is 11.1 Å². The molecule has 0 spiro atoms. The van der Waals surface area contributed by atoms with Gasteiger partial charge in [-0.2, -0.15) is 0 Å². The molecule has 0 N–H and O–H groups in total. The van der Waals surface area contributed by atoms with Gasteiger partial charge in [-0.05, 0) is 31.6 Å². The number of alkyl halides is 1. The molecule has 0 saturated heterocycles. The van der Waals surface area contributed by atoms with Gasteiger partial charge in [-0.25, -0.2) is 0 Å². The number of hydrogen-bond acceptors (Lipinski definition) is 1. The Hall–Kier alpha value is 0.150. The van der Waals surface area contributed by atoms with Gasteiger partial charge in [-0.1, -0.05) is 35.2 Å². The summed E-state index contributed by atoms with van der Waals surface area (Å²) < 4.78 is 0. The summed E-state index contributed by atoms with van der Waals surface area (Å²) in [6.45, 7) is 0. The molecule has 0 aromatic heterocycles. The quantitative estimate of drug-likeness (QED) is 0.708. The van der Waals surface area contributed by atoms with Crippen LogP contribution in [0.25, 0.3) is 0 Å². The van der Waals surface area contributed by atoms with E-state index < -0.39 is 0 Å². The number of carbonyl (C=O) groups excluding carboxylic acids is 1. The molecule has 0 aromatic rings. The van der Waals surface area contributed by atoms with Gasteiger partial charge in [-0.15, -0.1) is 0 Å². The highest BCUT2D eigenvalue weighted by Crippen LogP contribution is 2.47. The molecule has 80 valence electrons. The first-order valence-corrected chi connectivity index (χ1v) is 7.06. The average Bonchev–Trinajstić information content (AvgIpc) is 2.41. The molecule has 0 radical (unpaired) electrons.